The fourth-order valence-electron chi connectivity index (χ4n) is 1.99. The minimum Gasteiger partial charge on any atom is -0.384 e. The van der Waals surface area contributed by atoms with Crippen LogP contribution in [0.5, 0.6) is 0 Å². The summed E-state index contributed by atoms with van der Waals surface area (Å²) in [6.45, 7) is 3.91. The van der Waals surface area contributed by atoms with Crippen LogP contribution >= 0.6 is 11.3 Å². The van der Waals surface area contributed by atoms with Gasteiger partial charge >= 0.3 is 0 Å². The van der Waals surface area contributed by atoms with Crippen LogP contribution in [0.15, 0.2) is 23.7 Å². The normalized spacial score (nSPS) is 11.3. The van der Waals surface area contributed by atoms with Crippen molar-refractivity contribution < 1.29 is 4.79 Å². The number of carbonyl (C=O) groups excluding carboxylic acids is 1. The van der Waals surface area contributed by atoms with Crippen molar-refractivity contribution in [1.29, 1.82) is 0 Å². The molecule has 0 atom stereocenters. The van der Waals surface area contributed by atoms with Crippen molar-refractivity contribution in [3.05, 3.63) is 29.3 Å². The lowest BCUT2D eigenvalue weighted by Gasteiger charge is -2.21. The van der Waals surface area contributed by atoms with E-state index in [-0.39, 0.29) is 11.9 Å². The third-order valence-corrected chi connectivity index (χ3v) is 4.20. The van der Waals surface area contributed by atoms with E-state index in [1.807, 2.05) is 19.2 Å². The van der Waals surface area contributed by atoms with Crippen molar-refractivity contribution in [2.24, 2.45) is 0 Å². The Morgan fingerprint density at radius 3 is 2.82 bits per heavy atom. The summed E-state index contributed by atoms with van der Waals surface area (Å²) >= 11 is 1.45. The largest absolute Gasteiger partial charge is 0.384 e. The molecule has 22 heavy (non-hydrogen) atoms. The molecule has 0 aromatic carbocycles. The number of nitrogens with zero attached hydrogens (tertiary/aromatic N) is 5. The number of nitrogen functional groups attached to an aromatic ring is 1. The molecule has 2 N–H and O–H groups in total. The maximum absolute atomic E-state index is 12.4. The molecule has 7 nitrogen and oxygen atoms in total. The maximum Gasteiger partial charge on any atom is 0.254 e. The molecule has 0 aliphatic rings. The van der Waals surface area contributed by atoms with E-state index in [9.17, 15) is 4.79 Å². The highest BCUT2D eigenvalue weighted by molar-refractivity contribution is 7.13. The van der Waals surface area contributed by atoms with Crippen molar-refractivity contribution in [2.75, 3.05) is 12.8 Å². The number of nitrogens with two attached hydrogens (primary N) is 1. The van der Waals surface area contributed by atoms with Crippen molar-refractivity contribution in [1.82, 2.24) is 24.5 Å². The van der Waals surface area contributed by atoms with Gasteiger partial charge in [0.1, 0.15) is 5.82 Å². The van der Waals surface area contributed by atoms with Gasteiger partial charge < -0.3 is 10.6 Å². The number of pyridine rings is 1. The Morgan fingerprint density at radius 1 is 1.41 bits per heavy atom. The number of thiazole rings is 1. The average Bonchev–Trinajstić information content (AvgIpc) is 3.13. The number of carbonyl (C=O) groups is 1. The molecule has 0 saturated heterocycles. The van der Waals surface area contributed by atoms with Gasteiger partial charge in [-0.05, 0) is 26.0 Å². The quantitative estimate of drug-likeness (QED) is 0.797. The number of hydrogen-bond donors (Lipinski definition) is 1. The zero-order valence-electron chi connectivity index (χ0n) is 12.5. The Morgan fingerprint density at radius 2 is 2.18 bits per heavy atom. The molecule has 0 bridgehead atoms. The van der Waals surface area contributed by atoms with Gasteiger partial charge in [-0.1, -0.05) is 0 Å². The number of anilines is 1. The Bertz CT molecular complexity index is 823. The van der Waals surface area contributed by atoms with E-state index in [0.29, 0.717) is 22.9 Å². The molecule has 0 aliphatic heterocycles. The molecule has 1 amide bonds. The van der Waals surface area contributed by atoms with Crippen LogP contribution in [0.25, 0.3) is 16.5 Å². The fourth-order valence-corrected chi connectivity index (χ4v) is 2.56. The molecule has 0 aliphatic carbocycles. The van der Waals surface area contributed by atoms with Crippen molar-refractivity contribution in [3.63, 3.8) is 0 Å². The van der Waals surface area contributed by atoms with Gasteiger partial charge in [-0.25, -0.2) is 9.97 Å². The summed E-state index contributed by atoms with van der Waals surface area (Å²) in [6, 6.07) is 3.42. The lowest BCUT2D eigenvalue weighted by molar-refractivity contribution is 0.0755. The van der Waals surface area contributed by atoms with E-state index in [1.54, 1.807) is 30.3 Å². The highest BCUT2D eigenvalue weighted by Gasteiger charge is 2.18. The van der Waals surface area contributed by atoms with Crippen molar-refractivity contribution in [2.45, 2.75) is 19.9 Å². The summed E-state index contributed by atoms with van der Waals surface area (Å²) < 4.78 is 1.52. The number of rotatable bonds is 3. The smallest absolute Gasteiger partial charge is 0.254 e. The molecule has 0 radical (unpaired) electrons. The first-order chi connectivity index (χ1) is 10.5. The predicted octanol–water partition coefficient (Wildman–Crippen LogP) is 1.92. The number of aromatic nitrogens is 4. The molecule has 114 valence electrons. The number of amides is 1. The van der Waals surface area contributed by atoms with Gasteiger partial charge in [0.15, 0.2) is 10.7 Å². The van der Waals surface area contributed by atoms with E-state index in [4.69, 9.17) is 5.73 Å². The topological polar surface area (TPSA) is 89.4 Å². The molecule has 3 aromatic heterocycles. The Balaban J connectivity index is 2.07. The van der Waals surface area contributed by atoms with E-state index < -0.39 is 0 Å². The minimum atomic E-state index is -0.0944. The monoisotopic (exact) mass is 316 g/mol. The van der Waals surface area contributed by atoms with Gasteiger partial charge in [-0.15, -0.1) is 16.4 Å². The Labute approximate surface area is 131 Å². The average molecular weight is 316 g/mol. The molecule has 3 rings (SSSR count). The van der Waals surface area contributed by atoms with Gasteiger partial charge in [0.05, 0.1) is 0 Å². The third-order valence-electron chi connectivity index (χ3n) is 3.43. The highest BCUT2D eigenvalue weighted by Crippen LogP contribution is 2.21. The van der Waals surface area contributed by atoms with E-state index in [1.165, 1.54) is 15.9 Å². The van der Waals surface area contributed by atoms with Crippen LogP contribution in [0.2, 0.25) is 0 Å². The van der Waals surface area contributed by atoms with E-state index in [0.717, 1.165) is 5.01 Å². The van der Waals surface area contributed by atoms with Gasteiger partial charge in [-0.3, -0.25) is 4.79 Å². The lowest BCUT2D eigenvalue weighted by Crippen LogP contribution is -2.33. The molecule has 3 aromatic rings. The van der Waals surface area contributed by atoms with Crippen LogP contribution in [0.3, 0.4) is 0 Å². The van der Waals surface area contributed by atoms with Crippen molar-refractivity contribution in [3.8, 4) is 10.8 Å². The molecule has 0 fully saturated rings. The first-order valence-electron chi connectivity index (χ1n) is 6.80. The van der Waals surface area contributed by atoms with Crippen LogP contribution in [-0.2, 0) is 0 Å². The van der Waals surface area contributed by atoms with Gasteiger partial charge in [0, 0.05) is 30.2 Å². The lowest BCUT2D eigenvalue weighted by atomic mass is 10.2. The van der Waals surface area contributed by atoms with Crippen LogP contribution < -0.4 is 5.73 Å². The van der Waals surface area contributed by atoms with Crippen LogP contribution in [0.4, 0.5) is 5.82 Å². The third kappa shape index (κ3) is 2.41. The summed E-state index contributed by atoms with van der Waals surface area (Å²) in [5.74, 6) is 0.778. The summed E-state index contributed by atoms with van der Waals surface area (Å²) in [4.78, 5) is 22.7. The number of fused-ring (bicyclic) bond motifs is 1. The van der Waals surface area contributed by atoms with E-state index in [2.05, 4.69) is 15.1 Å². The molecule has 3 heterocycles. The first kappa shape index (κ1) is 14.5. The molecule has 0 spiro atoms. The highest BCUT2D eigenvalue weighted by atomic mass is 32.1. The summed E-state index contributed by atoms with van der Waals surface area (Å²) in [5, 5.41) is 6.91. The second-order valence-electron chi connectivity index (χ2n) is 5.22. The summed E-state index contributed by atoms with van der Waals surface area (Å²) in [6.07, 6.45) is 1.70. The second kappa shape index (κ2) is 5.38. The standard InChI is InChI=1S/C14H16N6OS/c1-8(2)19(3)14(21)9-6-10(15)20-11(7-9)17-12(18-20)13-16-4-5-22-13/h4-8H,15H2,1-3H3. The van der Waals surface area contributed by atoms with E-state index >= 15 is 0 Å². The second-order valence-corrected chi connectivity index (χ2v) is 6.12. The molecular weight excluding hydrogens is 300 g/mol. The predicted molar refractivity (Wildman–Crippen MR) is 85.7 cm³/mol. The van der Waals surface area contributed by atoms with Crippen LogP contribution in [-0.4, -0.2) is 43.5 Å². The first-order valence-corrected chi connectivity index (χ1v) is 7.68. The summed E-state index contributed by atoms with van der Waals surface area (Å²) in [5.41, 5.74) is 7.04. The minimum absolute atomic E-state index is 0.0944. The zero-order valence-corrected chi connectivity index (χ0v) is 13.3. The number of hydrogen-bond acceptors (Lipinski definition) is 6. The Hall–Kier alpha value is -2.48. The Kier molecular flexibility index (Phi) is 3.53. The van der Waals surface area contributed by atoms with Gasteiger partial charge in [0.2, 0.25) is 5.82 Å². The zero-order chi connectivity index (χ0) is 15.9. The van der Waals surface area contributed by atoms with Crippen LogP contribution in [0, 0.1) is 0 Å². The maximum atomic E-state index is 12.4. The van der Waals surface area contributed by atoms with Crippen LogP contribution in [0.1, 0.15) is 24.2 Å². The molecular formula is C14H16N6OS. The molecule has 0 saturated carbocycles. The summed E-state index contributed by atoms with van der Waals surface area (Å²) in [7, 11) is 1.76. The SMILES string of the molecule is CC(C)N(C)C(=O)c1cc(N)n2nc(-c3nccs3)nc2c1. The molecule has 0 unspecified atom stereocenters. The van der Waals surface area contributed by atoms with Gasteiger partial charge in [0.25, 0.3) is 5.91 Å². The van der Waals surface area contributed by atoms with Crippen molar-refractivity contribution >= 4 is 28.7 Å². The van der Waals surface area contributed by atoms with Gasteiger partial charge in [-0.2, -0.15) is 4.52 Å². The molecule has 8 heteroatoms. The fraction of sp³-hybridized carbons (Fsp3) is 0.286.